The normalized spacial score (nSPS) is 12.7. The van der Waals surface area contributed by atoms with Gasteiger partial charge in [0.2, 0.25) is 0 Å². The molecule has 2 N–H and O–H groups in total. The number of aryl methyl sites for hydroxylation is 2. The largest absolute Gasteiger partial charge is 0.323 e. The SMILES string of the molecule is CCC(N)c1cc(C)c(-c2ccc(C)cc2)s1. The lowest BCUT2D eigenvalue weighted by Gasteiger charge is -2.04. The second-order valence-electron chi connectivity index (χ2n) is 4.54. The Hall–Kier alpha value is -1.12. The van der Waals surface area contributed by atoms with E-state index in [0.29, 0.717) is 0 Å². The monoisotopic (exact) mass is 245 g/mol. The zero-order valence-electron chi connectivity index (χ0n) is 10.7. The number of hydrogen-bond acceptors (Lipinski definition) is 2. The summed E-state index contributed by atoms with van der Waals surface area (Å²) >= 11 is 1.83. The molecule has 0 saturated heterocycles. The highest BCUT2D eigenvalue weighted by Gasteiger charge is 2.11. The van der Waals surface area contributed by atoms with Gasteiger partial charge in [-0.05, 0) is 37.5 Å². The van der Waals surface area contributed by atoms with Crippen molar-refractivity contribution >= 4 is 11.3 Å². The van der Waals surface area contributed by atoms with Crippen molar-refractivity contribution in [2.45, 2.75) is 33.2 Å². The molecule has 1 heterocycles. The van der Waals surface area contributed by atoms with Crippen LogP contribution in [0.2, 0.25) is 0 Å². The molecule has 2 rings (SSSR count). The molecule has 1 aromatic carbocycles. The van der Waals surface area contributed by atoms with Gasteiger partial charge in [0.05, 0.1) is 0 Å². The smallest absolute Gasteiger partial charge is 0.0387 e. The van der Waals surface area contributed by atoms with Crippen LogP contribution in [0.1, 0.15) is 35.4 Å². The molecule has 1 unspecified atom stereocenters. The van der Waals surface area contributed by atoms with E-state index in [-0.39, 0.29) is 6.04 Å². The van der Waals surface area contributed by atoms with E-state index < -0.39 is 0 Å². The Morgan fingerprint density at radius 1 is 1.18 bits per heavy atom. The van der Waals surface area contributed by atoms with E-state index in [4.69, 9.17) is 5.73 Å². The van der Waals surface area contributed by atoms with E-state index in [9.17, 15) is 0 Å². The predicted molar refractivity (Wildman–Crippen MR) is 76.4 cm³/mol. The summed E-state index contributed by atoms with van der Waals surface area (Å²) in [6.07, 6.45) is 0.993. The molecule has 90 valence electrons. The minimum absolute atomic E-state index is 0.179. The maximum absolute atomic E-state index is 6.09. The molecule has 0 aliphatic heterocycles. The molecule has 0 bridgehead atoms. The first-order valence-electron chi connectivity index (χ1n) is 6.04. The third kappa shape index (κ3) is 2.59. The average Bonchev–Trinajstić information content (AvgIpc) is 2.71. The number of nitrogens with two attached hydrogens (primary N) is 1. The Kier molecular flexibility index (Phi) is 3.65. The van der Waals surface area contributed by atoms with Gasteiger partial charge in [0.15, 0.2) is 0 Å². The van der Waals surface area contributed by atoms with Crippen LogP contribution < -0.4 is 5.73 Å². The molecule has 0 aliphatic carbocycles. The lowest BCUT2D eigenvalue weighted by molar-refractivity contribution is 0.712. The van der Waals surface area contributed by atoms with Crippen LogP contribution in [0.5, 0.6) is 0 Å². The molecule has 0 aliphatic rings. The Morgan fingerprint density at radius 2 is 1.82 bits per heavy atom. The summed E-state index contributed by atoms with van der Waals surface area (Å²) in [6, 6.07) is 11.1. The molecule has 1 nitrogen and oxygen atoms in total. The lowest BCUT2D eigenvalue weighted by Crippen LogP contribution is -2.05. The van der Waals surface area contributed by atoms with Crippen molar-refractivity contribution in [2.24, 2.45) is 5.73 Å². The van der Waals surface area contributed by atoms with Crippen molar-refractivity contribution in [1.82, 2.24) is 0 Å². The van der Waals surface area contributed by atoms with Gasteiger partial charge in [-0.15, -0.1) is 11.3 Å². The fraction of sp³-hybridized carbons (Fsp3) is 0.333. The van der Waals surface area contributed by atoms with Gasteiger partial charge in [0.25, 0.3) is 0 Å². The van der Waals surface area contributed by atoms with E-state index in [1.54, 1.807) is 0 Å². The molecule has 17 heavy (non-hydrogen) atoms. The highest BCUT2D eigenvalue weighted by atomic mass is 32.1. The molecule has 2 heteroatoms. The molecule has 0 fully saturated rings. The molecule has 0 spiro atoms. The van der Waals surface area contributed by atoms with Gasteiger partial charge in [-0.3, -0.25) is 0 Å². The third-order valence-corrected chi connectivity index (χ3v) is 4.47. The summed E-state index contributed by atoms with van der Waals surface area (Å²) in [5.74, 6) is 0. The van der Waals surface area contributed by atoms with Crippen molar-refractivity contribution in [3.63, 3.8) is 0 Å². The molecule has 0 amide bonds. The third-order valence-electron chi connectivity index (χ3n) is 3.06. The van der Waals surface area contributed by atoms with Gasteiger partial charge in [-0.2, -0.15) is 0 Å². The molecule has 1 atom stereocenters. The van der Waals surface area contributed by atoms with Crippen LogP contribution in [0.3, 0.4) is 0 Å². The summed E-state index contributed by atoms with van der Waals surface area (Å²) < 4.78 is 0. The Morgan fingerprint density at radius 3 is 2.41 bits per heavy atom. The van der Waals surface area contributed by atoms with Crippen LogP contribution in [-0.4, -0.2) is 0 Å². The van der Waals surface area contributed by atoms with Crippen molar-refractivity contribution in [2.75, 3.05) is 0 Å². The summed E-state index contributed by atoms with van der Waals surface area (Å²) in [5.41, 5.74) is 10.0. The van der Waals surface area contributed by atoms with E-state index in [2.05, 4.69) is 51.1 Å². The molecule has 0 saturated carbocycles. The van der Waals surface area contributed by atoms with E-state index in [1.807, 2.05) is 11.3 Å². The first-order chi connectivity index (χ1) is 8.11. The Labute approximate surface area is 107 Å². The van der Waals surface area contributed by atoms with Gasteiger partial charge >= 0.3 is 0 Å². The zero-order valence-corrected chi connectivity index (χ0v) is 11.5. The lowest BCUT2D eigenvalue weighted by atomic mass is 10.1. The Balaban J connectivity index is 2.39. The maximum atomic E-state index is 6.09. The van der Waals surface area contributed by atoms with Crippen LogP contribution in [0.15, 0.2) is 30.3 Å². The van der Waals surface area contributed by atoms with Crippen molar-refractivity contribution in [3.05, 3.63) is 46.3 Å². The highest BCUT2D eigenvalue weighted by molar-refractivity contribution is 7.15. The second-order valence-corrected chi connectivity index (χ2v) is 5.63. The van der Waals surface area contributed by atoms with Crippen LogP contribution >= 0.6 is 11.3 Å². The summed E-state index contributed by atoms with van der Waals surface area (Å²) in [4.78, 5) is 2.64. The van der Waals surface area contributed by atoms with Crippen LogP contribution in [0.25, 0.3) is 10.4 Å². The molecule has 2 aromatic rings. The van der Waals surface area contributed by atoms with Gasteiger partial charge < -0.3 is 5.73 Å². The number of hydrogen-bond donors (Lipinski definition) is 1. The van der Waals surface area contributed by atoms with Crippen LogP contribution in [0, 0.1) is 13.8 Å². The van der Waals surface area contributed by atoms with Crippen molar-refractivity contribution in [3.8, 4) is 10.4 Å². The average molecular weight is 245 g/mol. The molecular weight excluding hydrogens is 226 g/mol. The van der Waals surface area contributed by atoms with Crippen LogP contribution in [0.4, 0.5) is 0 Å². The zero-order chi connectivity index (χ0) is 12.4. The molecule has 1 aromatic heterocycles. The topological polar surface area (TPSA) is 26.0 Å². The quantitative estimate of drug-likeness (QED) is 0.850. The highest BCUT2D eigenvalue weighted by Crippen LogP contribution is 2.35. The van der Waals surface area contributed by atoms with Gasteiger partial charge in [0, 0.05) is 15.8 Å². The number of rotatable bonds is 3. The number of thiophene rings is 1. The molecular formula is C15H19NS. The van der Waals surface area contributed by atoms with E-state index in [1.165, 1.54) is 26.4 Å². The predicted octanol–water partition coefficient (Wildman–Crippen LogP) is 4.44. The maximum Gasteiger partial charge on any atom is 0.0387 e. The first-order valence-corrected chi connectivity index (χ1v) is 6.86. The van der Waals surface area contributed by atoms with Gasteiger partial charge in [0.1, 0.15) is 0 Å². The Bertz CT molecular complexity index is 496. The second kappa shape index (κ2) is 5.03. The standard InChI is InChI=1S/C15H19NS/c1-4-13(16)14-9-11(3)15(17-14)12-7-5-10(2)6-8-12/h5-9,13H,4,16H2,1-3H3. The van der Waals surface area contributed by atoms with Crippen LogP contribution in [-0.2, 0) is 0 Å². The summed E-state index contributed by atoms with van der Waals surface area (Å²) in [7, 11) is 0. The van der Waals surface area contributed by atoms with Gasteiger partial charge in [-0.25, -0.2) is 0 Å². The van der Waals surface area contributed by atoms with Crippen molar-refractivity contribution < 1.29 is 0 Å². The first kappa shape index (κ1) is 12.3. The number of benzene rings is 1. The van der Waals surface area contributed by atoms with Gasteiger partial charge in [-0.1, -0.05) is 36.8 Å². The molecule has 0 radical (unpaired) electrons. The summed E-state index contributed by atoms with van der Waals surface area (Å²) in [5, 5.41) is 0. The van der Waals surface area contributed by atoms with E-state index in [0.717, 1.165) is 6.42 Å². The minimum atomic E-state index is 0.179. The minimum Gasteiger partial charge on any atom is -0.323 e. The van der Waals surface area contributed by atoms with E-state index >= 15 is 0 Å². The summed E-state index contributed by atoms with van der Waals surface area (Å²) in [6.45, 7) is 6.41. The fourth-order valence-electron chi connectivity index (χ4n) is 1.88. The fourth-order valence-corrected chi connectivity index (χ4v) is 3.15. The van der Waals surface area contributed by atoms with Crippen molar-refractivity contribution in [1.29, 1.82) is 0 Å².